The van der Waals surface area contributed by atoms with Crippen LogP contribution in [0.4, 0.5) is 10.1 Å². The van der Waals surface area contributed by atoms with E-state index in [0.29, 0.717) is 45.1 Å². The van der Waals surface area contributed by atoms with Gasteiger partial charge in [0.25, 0.3) is 5.91 Å². The first-order valence-electron chi connectivity index (χ1n) is 12.5. The molecule has 0 aliphatic rings. The summed E-state index contributed by atoms with van der Waals surface area (Å²) in [6, 6.07) is 25.1. The fourth-order valence-electron chi connectivity index (χ4n) is 4.75. The molecule has 0 saturated carbocycles. The Morgan fingerprint density at radius 1 is 0.850 bits per heavy atom. The van der Waals surface area contributed by atoms with Crippen LogP contribution in [0.2, 0.25) is 0 Å². The van der Waals surface area contributed by atoms with Gasteiger partial charge in [-0.25, -0.2) is 14.4 Å². The molecule has 7 aromatic rings. The number of imidazole rings is 1. The van der Waals surface area contributed by atoms with Gasteiger partial charge >= 0.3 is 0 Å². The largest absolute Gasteiger partial charge is 0.321 e. The summed E-state index contributed by atoms with van der Waals surface area (Å²) >= 11 is 0. The van der Waals surface area contributed by atoms with Crippen LogP contribution >= 0.6 is 0 Å². The Bertz CT molecular complexity index is 2030. The summed E-state index contributed by atoms with van der Waals surface area (Å²) in [5, 5.41) is 11.3. The number of H-pyrrole nitrogens is 2. The van der Waals surface area contributed by atoms with E-state index in [1.165, 1.54) is 6.07 Å². The van der Waals surface area contributed by atoms with Gasteiger partial charge in [0.2, 0.25) is 0 Å². The molecule has 3 N–H and O–H groups in total. The summed E-state index contributed by atoms with van der Waals surface area (Å²) in [6.45, 7) is 0. The number of hydrogen-bond donors (Lipinski definition) is 3. The predicted octanol–water partition coefficient (Wildman–Crippen LogP) is 6.62. The summed E-state index contributed by atoms with van der Waals surface area (Å²) < 4.78 is 14.6. The third-order valence-electron chi connectivity index (χ3n) is 6.70. The lowest BCUT2D eigenvalue weighted by Crippen LogP contribution is -2.11. The number of benzene rings is 3. The zero-order chi connectivity index (χ0) is 27.1. The first-order valence-corrected chi connectivity index (χ1v) is 12.5. The molecular weight excluding hydrogens is 505 g/mol. The van der Waals surface area contributed by atoms with Gasteiger partial charge in [-0.15, -0.1) is 0 Å². The Balaban J connectivity index is 1.26. The van der Waals surface area contributed by atoms with Crippen LogP contribution in [0, 0.1) is 5.82 Å². The van der Waals surface area contributed by atoms with Crippen molar-refractivity contribution < 1.29 is 9.18 Å². The van der Waals surface area contributed by atoms with E-state index in [1.807, 2.05) is 42.5 Å². The molecule has 0 aliphatic carbocycles. The van der Waals surface area contributed by atoms with E-state index in [0.717, 1.165) is 22.0 Å². The number of anilines is 1. The lowest BCUT2D eigenvalue weighted by Gasteiger charge is -2.08. The van der Waals surface area contributed by atoms with E-state index in [2.05, 4.69) is 30.5 Å². The van der Waals surface area contributed by atoms with Crippen molar-refractivity contribution in [2.75, 3.05) is 5.32 Å². The zero-order valence-corrected chi connectivity index (χ0v) is 20.9. The quantitative estimate of drug-likeness (QED) is 0.234. The highest BCUT2D eigenvalue weighted by Crippen LogP contribution is 2.33. The first-order chi connectivity index (χ1) is 19.6. The monoisotopic (exact) mass is 525 g/mol. The van der Waals surface area contributed by atoms with Crippen LogP contribution in [0.5, 0.6) is 0 Å². The molecule has 4 aromatic heterocycles. The molecule has 3 aromatic carbocycles. The number of nitrogens with one attached hydrogen (secondary N) is 3. The van der Waals surface area contributed by atoms with Crippen molar-refractivity contribution in [1.82, 2.24) is 30.1 Å². The standard InChI is InChI=1S/C31H20FN7O/c32-25-9-5-4-8-22(25)23-12-13-34-29-27(23)36-30(37-29)28-24-15-19(10-11-26(24)38-39-28)20-14-21(17-33-16-20)35-31(40)18-6-2-1-3-7-18/h1-17H,(H,35,40)(H,38,39)(H,34,36,37). The van der Waals surface area contributed by atoms with Crippen LogP contribution in [-0.2, 0) is 0 Å². The van der Waals surface area contributed by atoms with E-state index in [9.17, 15) is 9.18 Å². The maximum atomic E-state index is 14.6. The van der Waals surface area contributed by atoms with Crippen molar-refractivity contribution >= 4 is 33.7 Å². The van der Waals surface area contributed by atoms with Gasteiger partial charge in [0, 0.05) is 40.0 Å². The van der Waals surface area contributed by atoms with E-state index < -0.39 is 0 Å². The molecule has 0 radical (unpaired) electrons. The molecule has 192 valence electrons. The summed E-state index contributed by atoms with van der Waals surface area (Å²) in [7, 11) is 0. The second-order valence-corrected chi connectivity index (χ2v) is 9.24. The van der Waals surface area contributed by atoms with Crippen LogP contribution in [0.25, 0.3) is 55.8 Å². The molecule has 0 aliphatic heterocycles. The minimum atomic E-state index is -0.329. The highest BCUT2D eigenvalue weighted by molar-refractivity contribution is 6.04. The van der Waals surface area contributed by atoms with Gasteiger partial charge in [-0.1, -0.05) is 42.5 Å². The highest BCUT2D eigenvalue weighted by atomic mass is 19.1. The van der Waals surface area contributed by atoms with Crippen molar-refractivity contribution in [3.8, 4) is 33.8 Å². The number of aromatic amines is 2. The topological polar surface area (TPSA) is 112 Å². The molecule has 0 bridgehead atoms. The summed E-state index contributed by atoms with van der Waals surface area (Å²) in [6.07, 6.45) is 4.98. The van der Waals surface area contributed by atoms with Crippen molar-refractivity contribution in [2.24, 2.45) is 0 Å². The van der Waals surface area contributed by atoms with Crippen LogP contribution in [0.15, 0.2) is 104 Å². The number of carbonyl (C=O) groups excluding carboxylic acids is 1. The predicted molar refractivity (Wildman–Crippen MR) is 152 cm³/mol. The van der Waals surface area contributed by atoms with Crippen molar-refractivity contribution in [2.45, 2.75) is 0 Å². The number of amides is 1. The number of nitrogens with zero attached hydrogens (tertiary/aromatic N) is 4. The molecule has 0 saturated heterocycles. The van der Waals surface area contributed by atoms with Crippen molar-refractivity contribution in [1.29, 1.82) is 0 Å². The number of rotatable bonds is 5. The van der Waals surface area contributed by atoms with Crippen LogP contribution < -0.4 is 5.32 Å². The van der Waals surface area contributed by atoms with E-state index in [1.54, 1.807) is 55.0 Å². The van der Waals surface area contributed by atoms with E-state index in [-0.39, 0.29) is 11.7 Å². The SMILES string of the molecule is O=C(Nc1cncc(-c2ccc3[nH]nc(-c4nc5c(-c6ccccc6F)ccnc5[nH]4)c3c2)c1)c1ccccc1. The summed E-state index contributed by atoms with van der Waals surface area (Å²) in [5.74, 6) is -0.0257. The highest BCUT2D eigenvalue weighted by Gasteiger charge is 2.18. The van der Waals surface area contributed by atoms with Gasteiger partial charge in [-0.2, -0.15) is 5.10 Å². The van der Waals surface area contributed by atoms with Gasteiger partial charge in [0.05, 0.1) is 17.4 Å². The van der Waals surface area contributed by atoms with Crippen LogP contribution in [0.3, 0.4) is 0 Å². The number of hydrogen-bond acceptors (Lipinski definition) is 5. The normalized spacial score (nSPS) is 11.2. The van der Waals surface area contributed by atoms with Gasteiger partial charge in [0.1, 0.15) is 17.0 Å². The average Bonchev–Trinajstić information content (AvgIpc) is 3.62. The number of halogens is 1. The molecule has 1 amide bonds. The fraction of sp³-hybridized carbons (Fsp3) is 0. The Morgan fingerprint density at radius 2 is 1.70 bits per heavy atom. The smallest absolute Gasteiger partial charge is 0.255 e. The molecule has 7 rings (SSSR count). The molecule has 0 atom stereocenters. The average molecular weight is 526 g/mol. The fourth-order valence-corrected chi connectivity index (χ4v) is 4.75. The minimum Gasteiger partial charge on any atom is -0.321 e. The molecule has 40 heavy (non-hydrogen) atoms. The first kappa shape index (κ1) is 23.4. The van der Waals surface area contributed by atoms with Crippen molar-refractivity contribution in [3.63, 3.8) is 0 Å². The second-order valence-electron chi connectivity index (χ2n) is 9.24. The Kier molecular flexibility index (Phi) is 5.59. The lowest BCUT2D eigenvalue weighted by molar-refractivity contribution is 0.102. The molecule has 9 heteroatoms. The van der Waals surface area contributed by atoms with E-state index in [4.69, 9.17) is 4.98 Å². The maximum absolute atomic E-state index is 14.6. The molecule has 4 heterocycles. The van der Waals surface area contributed by atoms with Gasteiger partial charge in [-0.05, 0) is 48.0 Å². The Morgan fingerprint density at radius 3 is 2.58 bits per heavy atom. The Labute approximate surface area is 227 Å². The van der Waals surface area contributed by atoms with Crippen LogP contribution in [0.1, 0.15) is 10.4 Å². The second kappa shape index (κ2) is 9.55. The number of fused-ring (bicyclic) bond motifs is 2. The third kappa shape index (κ3) is 4.15. The third-order valence-corrected chi connectivity index (χ3v) is 6.70. The molecule has 0 unspecified atom stereocenters. The minimum absolute atomic E-state index is 0.208. The Hall–Kier alpha value is -5.70. The maximum Gasteiger partial charge on any atom is 0.255 e. The molecular formula is C31H20FN7O. The van der Waals surface area contributed by atoms with Gasteiger partial charge in [0.15, 0.2) is 11.5 Å². The number of carbonyl (C=O) groups is 1. The van der Waals surface area contributed by atoms with Crippen molar-refractivity contribution in [3.05, 3.63) is 115 Å². The molecule has 8 nitrogen and oxygen atoms in total. The lowest BCUT2D eigenvalue weighted by atomic mass is 10.0. The summed E-state index contributed by atoms with van der Waals surface area (Å²) in [4.78, 5) is 29.4. The van der Waals surface area contributed by atoms with Gasteiger partial charge < -0.3 is 10.3 Å². The van der Waals surface area contributed by atoms with E-state index >= 15 is 0 Å². The molecule has 0 fully saturated rings. The number of aromatic nitrogens is 6. The number of pyridine rings is 2. The summed E-state index contributed by atoms with van der Waals surface area (Å²) in [5.41, 5.74) is 6.49. The van der Waals surface area contributed by atoms with Crippen LogP contribution in [-0.4, -0.2) is 36.0 Å². The van der Waals surface area contributed by atoms with Gasteiger partial charge in [-0.3, -0.25) is 14.9 Å². The zero-order valence-electron chi connectivity index (χ0n) is 20.9. The molecule has 0 spiro atoms.